The summed E-state index contributed by atoms with van der Waals surface area (Å²) in [5.74, 6) is 0.838. The molecule has 1 heterocycles. The fourth-order valence-corrected chi connectivity index (χ4v) is 2.08. The number of ether oxygens (including phenoxy) is 1. The van der Waals surface area contributed by atoms with Gasteiger partial charge in [0.2, 0.25) is 0 Å². The predicted octanol–water partition coefficient (Wildman–Crippen LogP) is 3.59. The fraction of sp³-hybridized carbons (Fsp3) is 0.267. The van der Waals surface area contributed by atoms with Gasteiger partial charge in [-0.15, -0.1) is 0 Å². The summed E-state index contributed by atoms with van der Waals surface area (Å²) in [6, 6.07) is 11.7. The van der Waals surface area contributed by atoms with E-state index in [0.29, 0.717) is 11.6 Å². The molecular weight excluding hydrogens is 260 g/mol. The SMILES string of the molecule is COc1ccc(Cl)cc1CN[C@@H](C)c1ccccn1. The first-order chi connectivity index (χ1) is 9.20. The Bertz CT molecular complexity index is 531. The van der Waals surface area contributed by atoms with E-state index in [1.165, 1.54) is 0 Å². The highest BCUT2D eigenvalue weighted by Gasteiger charge is 2.08. The monoisotopic (exact) mass is 276 g/mol. The second kappa shape index (κ2) is 6.55. The van der Waals surface area contributed by atoms with E-state index in [4.69, 9.17) is 16.3 Å². The summed E-state index contributed by atoms with van der Waals surface area (Å²) in [7, 11) is 1.66. The van der Waals surface area contributed by atoms with Gasteiger partial charge < -0.3 is 10.1 Å². The van der Waals surface area contributed by atoms with E-state index in [9.17, 15) is 0 Å². The number of nitrogens with one attached hydrogen (secondary N) is 1. The normalized spacial score (nSPS) is 12.2. The predicted molar refractivity (Wildman–Crippen MR) is 77.5 cm³/mol. The minimum absolute atomic E-state index is 0.171. The van der Waals surface area contributed by atoms with E-state index in [1.54, 1.807) is 13.3 Å². The molecule has 0 spiro atoms. The number of benzene rings is 1. The molecule has 0 fully saturated rings. The molecule has 2 aromatic rings. The number of halogens is 1. The maximum atomic E-state index is 6.01. The van der Waals surface area contributed by atoms with Crippen LogP contribution in [0.3, 0.4) is 0 Å². The van der Waals surface area contributed by atoms with E-state index in [-0.39, 0.29) is 6.04 Å². The zero-order valence-electron chi connectivity index (χ0n) is 11.1. The minimum Gasteiger partial charge on any atom is -0.496 e. The Morgan fingerprint density at radius 1 is 1.32 bits per heavy atom. The number of nitrogens with zero attached hydrogens (tertiary/aromatic N) is 1. The average molecular weight is 277 g/mol. The summed E-state index contributed by atoms with van der Waals surface area (Å²) in [6.45, 7) is 2.76. The van der Waals surface area contributed by atoms with Crippen molar-refractivity contribution in [2.24, 2.45) is 0 Å². The summed E-state index contributed by atoms with van der Waals surface area (Å²) in [5, 5.41) is 4.13. The first-order valence-electron chi connectivity index (χ1n) is 6.17. The highest BCUT2D eigenvalue weighted by Crippen LogP contribution is 2.23. The van der Waals surface area contributed by atoms with Crippen LogP contribution in [0.2, 0.25) is 5.02 Å². The molecule has 0 aliphatic carbocycles. The first kappa shape index (κ1) is 13.8. The van der Waals surface area contributed by atoms with E-state index < -0.39 is 0 Å². The van der Waals surface area contributed by atoms with E-state index in [1.807, 2.05) is 36.4 Å². The van der Waals surface area contributed by atoms with Crippen LogP contribution in [0.25, 0.3) is 0 Å². The van der Waals surface area contributed by atoms with Crippen LogP contribution in [0.15, 0.2) is 42.6 Å². The fourth-order valence-electron chi connectivity index (χ4n) is 1.89. The molecule has 0 unspecified atom stereocenters. The van der Waals surface area contributed by atoms with Gasteiger partial charge in [-0.3, -0.25) is 4.98 Å². The molecule has 19 heavy (non-hydrogen) atoms. The Labute approximate surface area is 118 Å². The average Bonchev–Trinajstić information content (AvgIpc) is 2.46. The van der Waals surface area contributed by atoms with Crippen LogP contribution < -0.4 is 10.1 Å². The number of hydrogen-bond acceptors (Lipinski definition) is 3. The van der Waals surface area contributed by atoms with Crippen molar-refractivity contribution in [3.05, 3.63) is 58.9 Å². The summed E-state index contributed by atoms with van der Waals surface area (Å²) >= 11 is 6.01. The van der Waals surface area contributed by atoms with Gasteiger partial charge in [0.05, 0.1) is 12.8 Å². The van der Waals surface area contributed by atoms with Gasteiger partial charge in [0.25, 0.3) is 0 Å². The molecule has 0 aliphatic heterocycles. The van der Waals surface area contributed by atoms with E-state index in [2.05, 4.69) is 17.2 Å². The number of aromatic nitrogens is 1. The Hall–Kier alpha value is -1.58. The third-order valence-electron chi connectivity index (χ3n) is 2.97. The largest absolute Gasteiger partial charge is 0.496 e. The molecule has 4 heteroatoms. The number of methoxy groups -OCH3 is 1. The molecular formula is C15H17ClN2O. The Kier molecular flexibility index (Phi) is 4.77. The van der Waals surface area contributed by atoms with Crippen molar-refractivity contribution in [3.63, 3.8) is 0 Å². The molecule has 100 valence electrons. The zero-order valence-corrected chi connectivity index (χ0v) is 11.8. The summed E-state index contributed by atoms with van der Waals surface area (Å²) in [4.78, 5) is 4.33. The molecule has 0 radical (unpaired) electrons. The molecule has 2 rings (SSSR count). The Morgan fingerprint density at radius 3 is 2.84 bits per heavy atom. The van der Waals surface area contributed by atoms with Crippen molar-refractivity contribution in [2.45, 2.75) is 19.5 Å². The van der Waals surface area contributed by atoms with E-state index >= 15 is 0 Å². The molecule has 0 saturated carbocycles. The van der Waals surface area contributed by atoms with Crippen molar-refractivity contribution < 1.29 is 4.74 Å². The van der Waals surface area contributed by atoms with Crippen molar-refractivity contribution >= 4 is 11.6 Å². The molecule has 0 bridgehead atoms. The molecule has 0 aliphatic rings. The van der Waals surface area contributed by atoms with Crippen molar-refractivity contribution in [1.82, 2.24) is 10.3 Å². The van der Waals surface area contributed by atoms with E-state index in [0.717, 1.165) is 17.0 Å². The van der Waals surface area contributed by atoms with Gasteiger partial charge in [-0.2, -0.15) is 0 Å². The zero-order chi connectivity index (χ0) is 13.7. The second-order valence-electron chi connectivity index (χ2n) is 4.31. The number of rotatable bonds is 5. The molecule has 0 amide bonds. The first-order valence-corrected chi connectivity index (χ1v) is 6.55. The van der Waals surface area contributed by atoms with Crippen LogP contribution in [0.1, 0.15) is 24.2 Å². The van der Waals surface area contributed by atoms with Crippen LogP contribution in [-0.4, -0.2) is 12.1 Å². The highest BCUT2D eigenvalue weighted by molar-refractivity contribution is 6.30. The number of pyridine rings is 1. The van der Waals surface area contributed by atoms with Gasteiger partial charge in [0.15, 0.2) is 0 Å². The lowest BCUT2D eigenvalue weighted by Crippen LogP contribution is -2.19. The van der Waals surface area contributed by atoms with Crippen molar-refractivity contribution in [1.29, 1.82) is 0 Å². The topological polar surface area (TPSA) is 34.1 Å². The van der Waals surface area contributed by atoms with Gasteiger partial charge in [0, 0.05) is 29.4 Å². The van der Waals surface area contributed by atoms with Crippen LogP contribution in [-0.2, 0) is 6.54 Å². The van der Waals surface area contributed by atoms with Gasteiger partial charge >= 0.3 is 0 Å². The molecule has 0 saturated heterocycles. The third kappa shape index (κ3) is 3.69. The maximum absolute atomic E-state index is 6.01. The molecule has 1 N–H and O–H groups in total. The Balaban J connectivity index is 2.04. The van der Waals surface area contributed by atoms with Crippen molar-refractivity contribution in [3.8, 4) is 5.75 Å². The second-order valence-corrected chi connectivity index (χ2v) is 4.75. The minimum atomic E-state index is 0.171. The number of hydrogen-bond donors (Lipinski definition) is 1. The van der Waals surface area contributed by atoms with Gasteiger partial charge in [0.1, 0.15) is 5.75 Å². The third-order valence-corrected chi connectivity index (χ3v) is 3.21. The molecule has 1 aromatic heterocycles. The molecule has 1 atom stereocenters. The van der Waals surface area contributed by atoms with Crippen LogP contribution in [0.5, 0.6) is 5.75 Å². The van der Waals surface area contributed by atoms with Crippen LogP contribution >= 0.6 is 11.6 Å². The standard InChI is InChI=1S/C15H17ClN2O/c1-11(14-5-3-4-8-17-14)18-10-12-9-13(16)6-7-15(12)19-2/h3-9,11,18H,10H2,1-2H3/t11-/m0/s1. The van der Waals surface area contributed by atoms with Gasteiger partial charge in [-0.1, -0.05) is 17.7 Å². The molecule has 3 nitrogen and oxygen atoms in total. The maximum Gasteiger partial charge on any atom is 0.123 e. The quantitative estimate of drug-likeness (QED) is 0.906. The summed E-state index contributed by atoms with van der Waals surface area (Å²) < 4.78 is 5.32. The smallest absolute Gasteiger partial charge is 0.123 e. The lowest BCUT2D eigenvalue weighted by molar-refractivity contribution is 0.406. The molecule has 1 aromatic carbocycles. The van der Waals surface area contributed by atoms with Crippen molar-refractivity contribution in [2.75, 3.05) is 7.11 Å². The van der Waals surface area contributed by atoms with Crippen LogP contribution in [0, 0.1) is 0 Å². The van der Waals surface area contributed by atoms with Gasteiger partial charge in [-0.05, 0) is 37.3 Å². The Morgan fingerprint density at radius 2 is 2.16 bits per heavy atom. The lowest BCUT2D eigenvalue weighted by Gasteiger charge is -2.15. The summed E-state index contributed by atoms with van der Waals surface area (Å²) in [6.07, 6.45) is 1.80. The van der Waals surface area contributed by atoms with Gasteiger partial charge in [-0.25, -0.2) is 0 Å². The lowest BCUT2D eigenvalue weighted by atomic mass is 10.1. The summed E-state index contributed by atoms with van der Waals surface area (Å²) in [5.41, 5.74) is 2.06. The highest BCUT2D eigenvalue weighted by atomic mass is 35.5. The van der Waals surface area contributed by atoms with Crippen LogP contribution in [0.4, 0.5) is 0 Å².